The van der Waals surface area contributed by atoms with Gasteiger partial charge < -0.3 is 9.88 Å². The van der Waals surface area contributed by atoms with Crippen molar-refractivity contribution in [2.45, 2.75) is 39.3 Å². The number of hydrogen-bond acceptors (Lipinski definition) is 3. The Hall–Kier alpha value is -0.640. The monoisotopic (exact) mass is 227 g/mol. The third-order valence-electron chi connectivity index (χ3n) is 2.30. The molecule has 0 aromatic carbocycles. The molecule has 0 fully saturated rings. The van der Waals surface area contributed by atoms with Gasteiger partial charge in [-0.2, -0.15) is 11.8 Å². The zero-order valence-corrected chi connectivity index (χ0v) is 10.8. The van der Waals surface area contributed by atoms with Crippen LogP contribution in [0.4, 0.5) is 5.95 Å². The summed E-state index contributed by atoms with van der Waals surface area (Å²) in [6.45, 7) is 6.50. The first-order chi connectivity index (χ1) is 7.15. The topological polar surface area (TPSA) is 29.9 Å². The molecule has 1 heterocycles. The van der Waals surface area contributed by atoms with Crippen molar-refractivity contribution in [3.05, 3.63) is 12.4 Å². The predicted octanol–water partition coefficient (Wildman–Crippen LogP) is 3.02. The van der Waals surface area contributed by atoms with E-state index in [9.17, 15) is 0 Å². The second kappa shape index (κ2) is 6.05. The molecule has 0 amide bonds. The molecule has 1 atom stereocenters. The molecule has 1 N–H and O–H groups in total. The molecule has 3 nitrogen and oxygen atoms in total. The maximum absolute atomic E-state index is 4.33. The summed E-state index contributed by atoms with van der Waals surface area (Å²) < 4.78 is 2.22. The van der Waals surface area contributed by atoms with Crippen molar-refractivity contribution in [2.24, 2.45) is 0 Å². The first kappa shape index (κ1) is 12.4. The van der Waals surface area contributed by atoms with Crippen molar-refractivity contribution >= 4 is 17.7 Å². The van der Waals surface area contributed by atoms with Crippen LogP contribution in [0.2, 0.25) is 0 Å². The summed E-state index contributed by atoms with van der Waals surface area (Å²) in [4.78, 5) is 4.33. The SMILES string of the molecule is CSCCC(C)n1ccnc1NC(C)C. The average Bonchev–Trinajstić information content (AvgIpc) is 2.61. The van der Waals surface area contributed by atoms with Gasteiger partial charge in [0.05, 0.1) is 0 Å². The molecule has 15 heavy (non-hydrogen) atoms. The van der Waals surface area contributed by atoms with Gasteiger partial charge >= 0.3 is 0 Å². The number of nitrogens with one attached hydrogen (secondary N) is 1. The largest absolute Gasteiger partial charge is 0.353 e. The minimum atomic E-state index is 0.430. The van der Waals surface area contributed by atoms with Crippen LogP contribution < -0.4 is 5.32 Å². The van der Waals surface area contributed by atoms with Gasteiger partial charge in [0.25, 0.3) is 0 Å². The maximum Gasteiger partial charge on any atom is 0.203 e. The Balaban J connectivity index is 2.62. The average molecular weight is 227 g/mol. The highest BCUT2D eigenvalue weighted by Gasteiger charge is 2.09. The number of thioether (sulfide) groups is 1. The van der Waals surface area contributed by atoms with Gasteiger partial charge in [0.2, 0.25) is 5.95 Å². The van der Waals surface area contributed by atoms with Crippen LogP contribution in [-0.2, 0) is 0 Å². The quantitative estimate of drug-likeness (QED) is 0.810. The molecule has 86 valence electrons. The predicted molar refractivity (Wildman–Crippen MR) is 68.7 cm³/mol. The fraction of sp³-hybridized carbons (Fsp3) is 0.727. The van der Waals surface area contributed by atoms with Crippen molar-refractivity contribution in [3.63, 3.8) is 0 Å². The molecule has 0 aliphatic rings. The highest BCUT2D eigenvalue weighted by molar-refractivity contribution is 7.98. The molecule has 0 bridgehead atoms. The van der Waals surface area contributed by atoms with Gasteiger partial charge in [0.1, 0.15) is 0 Å². The van der Waals surface area contributed by atoms with E-state index in [-0.39, 0.29) is 0 Å². The van der Waals surface area contributed by atoms with Crippen LogP contribution >= 0.6 is 11.8 Å². The Morgan fingerprint density at radius 3 is 2.80 bits per heavy atom. The third-order valence-corrected chi connectivity index (χ3v) is 2.95. The second-order valence-corrected chi connectivity index (χ2v) is 5.07. The molecule has 1 aromatic heterocycles. The van der Waals surface area contributed by atoms with E-state index >= 15 is 0 Å². The highest BCUT2D eigenvalue weighted by atomic mass is 32.2. The van der Waals surface area contributed by atoms with Crippen LogP contribution in [0.25, 0.3) is 0 Å². The highest BCUT2D eigenvalue weighted by Crippen LogP contribution is 2.18. The first-order valence-corrected chi connectivity index (χ1v) is 6.82. The smallest absolute Gasteiger partial charge is 0.203 e. The fourth-order valence-corrected chi connectivity index (χ4v) is 2.04. The van der Waals surface area contributed by atoms with Gasteiger partial charge in [-0.25, -0.2) is 4.98 Å². The molecule has 1 aromatic rings. The van der Waals surface area contributed by atoms with E-state index in [2.05, 4.69) is 48.1 Å². The number of anilines is 1. The van der Waals surface area contributed by atoms with Gasteiger partial charge in [-0.3, -0.25) is 0 Å². The summed E-state index contributed by atoms with van der Waals surface area (Å²) in [5.74, 6) is 2.18. The number of aromatic nitrogens is 2. The Bertz CT molecular complexity index is 283. The van der Waals surface area contributed by atoms with Crippen LogP contribution in [-0.4, -0.2) is 27.6 Å². The van der Waals surface area contributed by atoms with E-state index in [1.807, 2.05) is 18.0 Å². The van der Waals surface area contributed by atoms with Crippen molar-refractivity contribution in [2.75, 3.05) is 17.3 Å². The summed E-state index contributed by atoms with van der Waals surface area (Å²) in [5.41, 5.74) is 0. The standard InChI is InChI=1S/C11H21N3S/c1-9(2)13-11-12-6-7-14(11)10(3)5-8-15-4/h6-7,9-10H,5,8H2,1-4H3,(H,12,13). The van der Waals surface area contributed by atoms with Gasteiger partial charge in [-0.15, -0.1) is 0 Å². The molecular weight excluding hydrogens is 206 g/mol. The third kappa shape index (κ3) is 3.78. The van der Waals surface area contributed by atoms with E-state index in [1.54, 1.807) is 0 Å². The number of nitrogens with zero attached hydrogens (tertiary/aromatic N) is 2. The Kier molecular flexibility index (Phi) is 5.02. The van der Waals surface area contributed by atoms with Crippen molar-refractivity contribution in [1.29, 1.82) is 0 Å². The molecular formula is C11H21N3S. The molecule has 0 aliphatic carbocycles. The lowest BCUT2D eigenvalue weighted by Crippen LogP contribution is -2.16. The van der Waals surface area contributed by atoms with Gasteiger partial charge in [0.15, 0.2) is 0 Å². The molecule has 0 saturated heterocycles. The van der Waals surface area contributed by atoms with E-state index in [4.69, 9.17) is 0 Å². The molecule has 1 unspecified atom stereocenters. The van der Waals surface area contributed by atoms with Crippen LogP contribution in [0.15, 0.2) is 12.4 Å². The van der Waals surface area contributed by atoms with Gasteiger partial charge in [-0.05, 0) is 39.2 Å². The Labute approximate surface area is 96.7 Å². The van der Waals surface area contributed by atoms with Crippen LogP contribution in [0.3, 0.4) is 0 Å². The summed E-state index contributed by atoms with van der Waals surface area (Å²) in [7, 11) is 0. The minimum Gasteiger partial charge on any atom is -0.353 e. The molecule has 0 saturated carbocycles. The van der Waals surface area contributed by atoms with Crippen molar-refractivity contribution < 1.29 is 0 Å². The minimum absolute atomic E-state index is 0.430. The molecule has 4 heteroatoms. The molecule has 0 spiro atoms. The van der Waals surface area contributed by atoms with E-state index < -0.39 is 0 Å². The number of rotatable bonds is 6. The summed E-state index contributed by atoms with van der Waals surface area (Å²) >= 11 is 1.89. The molecule has 1 rings (SSSR count). The van der Waals surface area contributed by atoms with E-state index in [1.165, 1.54) is 12.2 Å². The van der Waals surface area contributed by atoms with Crippen molar-refractivity contribution in [1.82, 2.24) is 9.55 Å². The van der Waals surface area contributed by atoms with Gasteiger partial charge in [0, 0.05) is 24.5 Å². The van der Waals surface area contributed by atoms with Crippen molar-refractivity contribution in [3.8, 4) is 0 Å². The Morgan fingerprint density at radius 1 is 1.47 bits per heavy atom. The lowest BCUT2D eigenvalue weighted by molar-refractivity contribution is 0.537. The summed E-state index contributed by atoms with van der Waals surface area (Å²) in [5, 5.41) is 3.36. The lowest BCUT2D eigenvalue weighted by Gasteiger charge is -2.17. The van der Waals surface area contributed by atoms with Gasteiger partial charge in [-0.1, -0.05) is 0 Å². The zero-order chi connectivity index (χ0) is 11.3. The fourth-order valence-electron chi connectivity index (χ4n) is 1.47. The summed E-state index contributed by atoms with van der Waals surface area (Å²) in [6.07, 6.45) is 7.24. The maximum atomic E-state index is 4.33. The zero-order valence-electron chi connectivity index (χ0n) is 10.0. The van der Waals surface area contributed by atoms with E-state index in [0.29, 0.717) is 12.1 Å². The number of imidazole rings is 1. The van der Waals surface area contributed by atoms with E-state index in [0.717, 1.165) is 5.95 Å². The normalized spacial score (nSPS) is 13.1. The number of hydrogen-bond donors (Lipinski definition) is 1. The second-order valence-electron chi connectivity index (χ2n) is 4.09. The first-order valence-electron chi connectivity index (χ1n) is 5.43. The summed E-state index contributed by atoms with van der Waals surface area (Å²) in [6, 6.07) is 0.945. The molecule has 0 radical (unpaired) electrons. The van der Waals surface area contributed by atoms with Crippen LogP contribution in [0.1, 0.15) is 33.2 Å². The lowest BCUT2D eigenvalue weighted by atomic mass is 10.2. The molecule has 0 aliphatic heterocycles. The van der Waals surface area contributed by atoms with Crippen LogP contribution in [0, 0.1) is 0 Å². The van der Waals surface area contributed by atoms with Crippen LogP contribution in [0.5, 0.6) is 0 Å². The Morgan fingerprint density at radius 2 is 2.20 bits per heavy atom.